The van der Waals surface area contributed by atoms with Crippen LogP contribution in [0.4, 0.5) is 0 Å². The van der Waals surface area contributed by atoms with E-state index in [9.17, 15) is 9.59 Å². The lowest BCUT2D eigenvalue weighted by Crippen LogP contribution is -2.21. The molecule has 0 saturated carbocycles. The molecule has 102 valence electrons. The Morgan fingerprint density at radius 3 is 2.81 bits per heavy atom. The Morgan fingerprint density at radius 1 is 1.19 bits per heavy atom. The predicted molar refractivity (Wildman–Crippen MR) is 76.8 cm³/mol. The number of nitriles is 1. The van der Waals surface area contributed by atoms with Gasteiger partial charge >= 0.3 is 0 Å². The quantitative estimate of drug-likeness (QED) is 0.876. The lowest BCUT2D eigenvalue weighted by Gasteiger charge is -2.10. The van der Waals surface area contributed by atoms with Gasteiger partial charge < -0.3 is 5.32 Å². The number of rotatable bonds is 3. The van der Waals surface area contributed by atoms with E-state index < -0.39 is 0 Å². The molecule has 0 aliphatic carbocycles. The zero-order valence-electron chi connectivity index (χ0n) is 11.2. The molecule has 1 N–H and O–H groups in total. The molecule has 1 atom stereocenters. The van der Waals surface area contributed by atoms with E-state index in [0.29, 0.717) is 16.7 Å². The third-order valence-electron chi connectivity index (χ3n) is 3.59. The van der Waals surface area contributed by atoms with Crippen molar-refractivity contribution in [1.82, 2.24) is 5.32 Å². The summed E-state index contributed by atoms with van der Waals surface area (Å²) in [6.45, 7) is 0. The van der Waals surface area contributed by atoms with Crippen LogP contribution < -0.4 is 5.32 Å². The van der Waals surface area contributed by atoms with E-state index >= 15 is 0 Å². The Morgan fingerprint density at radius 2 is 2.00 bits per heavy atom. The molecule has 0 spiro atoms. The molecule has 0 saturated heterocycles. The lowest BCUT2D eigenvalue weighted by atomic mass is 9.97. The van der Waals surface area contributed by atoms with Crippen molar-refractivity contribution in [3.05, 3.63) is 70.8 Å². The first-order valence-corrected chi connectivity index (χ1v) is 6.62. The van der Waals surface area contributed by atoms with Crippen LogP contribution in [0.1, 0.15) is 44.3 Å². The molecule has 4 nitrogen and oxygen atoms in total. The van der Waals surface area contributed by atoms with Crippen LogP contribution in [0.5, 0.6) is 0 Å². The number of hydrogen-bond donors (Lipinski definition) is 1. The third kappa shape index (κ3) is 2.41. The maximum atomic E-state index is 12.3. The average Bonchev–Trinajstić information content (AvgIpc) is 2.84. The van der Waals surface area contributed by atoms with Gasteiger partial charge in [0.15, 0.2) is 5.78 Å². The zero-order chi connectivity index (χ0) is 14.8. The van der Waals surface area contributed by atoms with Gasteiger partial charge in [0, 0.05) is 17.5 Å². The first-order valence-electron chi connectivity index (χ1n) is 6.62. The molecule has 3 rings (SSSR count). The minimum Gasteiger partial charge on any atom is -0.345 e. The van der Waals surface area contributed by atoms with E-state index in [1.165, 1.54) is 0 Å². The van der Waals surface area contributed by atoms with Gasteiger partial charge in [-0.15, -0.1) is 0 Å². The number of nitrogens with one attached hydrogen (secondary N) is 1. The summed E-state index contributed by atoms with van der Waals surface area (Å²) >= 11 is 0. The fourth-order valence-corrected chi connectivity index (χ4v) is 2.55. The summed E-state index contributed by atoms with van der Waals surface area (Å²) in [6, 6.07) is 15.6. The van der Waals surface area contributed by atoms with Crippen LogP contribution in [-0.4, -0.2) is 11.7 Å². The largest absolute Gasteiger partial charge is 0.345 e. The number of ketones is 1. The normalized spacial score (nSPS) is 16.0. The van der Waals surface area contributed by atoms with Crippen molar-refractivity contribution in [3.63, 3.8) is 0 Å². The van der Waals surface area contributed by atoms with Gasteiger partial charge in [0.1, 0.15) is 0 Å². The number of hydrogen-bond acceptors (Lipinski definition) is 3. The molecule has 0 bridgehead atoms. The van der Waals surface area contributed by atoms with Crippen LogP contribution in [0.2, 0.25) is 0 Å². The van der Waals surface area contributed by atoms with E-state index in [-0.39, 0.29) is 24.2 Å². The first kappa shape index (κ1) is 13.1. The Hall–Kier alpha value is -2.93. The average molecular weight is 276 g/mol. The highest BCUT2D eigenvalue weighted by molar-refractivity contribution is 6.02. The molecule has 0 aromatic heterocycles. The number of benzene rings is 2. The maximum Gasteiger partial charge on any atom is 0.252 e. The monoisotopic (exact) mass is 276 g/mol. The summed E-state index contributed by atoms with van der Waals surface area (Å²) in [4.78, 5) is 24.2. The molecule has 1 heterocycles. The van der Waals surface area contributed by atoms with Gasteiger partial charge in [0.25, 0.3) is 5.91 Å². The van der Waals surface area contributed by atoms with Crippen LogP contribution in [0, 0.1) is 11.3 Å². The fourth-order valence-electron chi connectivity index (χ4n) is 2.55. The van der Waals surface area contributed by atoms with Crippen molar-refractivity contribution in [1.29, 1.82) is 5.26 Å². The summed E-state index contributed by atoms with van der Waals surface area (Å²) < 4.78 is 0. The van der Waals surface area contributed by atoms with Crippen LogP contribution in [-0.2, 0) is 0 Å². The highest BCUT2D eigenvalue weighted by Crippen LogP contribution is 2.28. The molecule has 1 unspecified atom stereocenters. The van der Waals surface area contributed by atoms with Gasteiger partial charge in [-0.25, -0.2) is 0 Å². The minimum atomic E-state index is -0.299. The topological polar surface area (TPSA) is 70.0 Å². The highest BCUT2D eigenvalue weighted by Gasteiger charge is 2.29. The molecule has 1 amide bonds. The Balaban J connectivity index is 1.83. The number of fused-ring (bicyclic) bond motifs is 1. The predicted octanol–water partition coefficient (Wildman–Crippen LogP) is 2.62. The van der Waals surface area contributed by atoms with E-state index in [2.05, 4.69) is 5.32 Å². The van der Waals surface area contributed by atoms with Crippen molar-refractivity contribution in [2.45, 2.75) is 12.5 Å². The number of carbonyl (C=O) groups is 2. The Bertz CT molecular complexity index is 774. The number of Topliss-reactive ketones (excluding diaryl/α,β-unsaturated/α-hetero) is 1. The van der Waals surface area contributed by atoms with Crippen molar-refractivity contribution in [2.75, 3.05) is 0 Å². The standard InChI is InChI=1S/C17H12N2O2/c18-10-11-4-3-5-12(8-11)16(20)9-15-13-6-1-2-7-14(13)17(21)19-15/h1-8,15H,9H2,(H,19,21). The number of carbonyl (C=O) groups excluding carboxylic acids is 2. The van der Waals surface area contributed by atoms with E-state index in [0.717, 1.165) is 5.56 Å². The van der Waals surface area contributed by atoms with Crippen LogP contribution >= 0.6 is 0 Å². The Labute approximate surface area is 122 Å². The fraction of sp³-hybridized carbons (Fsp3) is 0.118. The smallest absolute Gasteiger partial charge is 0.252 e. The summed E-state index contributed by atoms with van der Waals surface area (Å²) in [6.07, 6.45) is 0.192. The molecular weight excluding hydrogens is 264 g/mol. The van der Waals surface area contributed by atoms with Gasteiger partial charge in [-0.2, -0.15) is 5.26 Å². The SMILES string of the molecule is N#Cc1cccc(C(=O)CC2NC(=O)c3ccccc32)c1. The van der Waals surface area contributed by atoms with Crippen molar-refractivity contribution in [2.24, 2.45) is 0 Å². The van der Waals surface area contributed by atoms with Crippen LogP contribution in [0.3, 0.4) is 0 Å². The van der Waals surface area contributed by atoms with E-state index in [1.807, 2.05) is 18.2 Å². The second-order valence-corrected chi connectivity index (χ2v) is 4.93. The molecule has 1 aliphatic heterocycles. The van der Waals surface area contributed by atoms with Gasteiger partial charge in [0.05, 0.1) is 17.7 Å². The molecule has 1 aliphatic rings. The molecule has 21 heavy (non-hydrogen) atoms. The number of nitrogens with zero attached hydrogens (tertiary/aromatic N) is 1. The van der Waals surface area contributed by atoms with Gasteiger partial charge in [-0.05, 0) is 23.8 Å². The molecule has 2 aromatic carbocycles. The third-order valence-corrected chi connectivity index (χ3v) is 3.59. The highest BCUT2D eigenvalue weighted by atomic mass is 16.2. The van der Waals surface area contributed by atoms with Gasteiger partial charge in [0.2, 0.25) is 0 Å². The van der Waals surface area contributed by atoms with Gasteiger partial charge in [-0.1, -0.05) is 30.3 Å². The molecule has 2 aromatic rings. The second kappa shape index (κ2) is 5.22. The lowest BCUT2D eigenvalue weighted by molar-refractivity contribution is 0.0933. The van der Waals surface area contributed by atoms with Crippen LogP contribution in [0.25, 0.3) is 0 Å². The summed E-state index contributed by atoms with van der Waals surface area (Å²) in [5.41, 5.74) is 2.43. The van der Waals surface area contributed by atoms with E-state index in [1.54, 1.807) is 36.4 Å². The number of amides is 1. The van der Waals surface area contributed by atoms with Crippen molar-refractivity contribution in [3.8, 4) is 6.07 Å². The minimum absolute atomic E-state index is 0.0888. The molecular formula is C17H12N2O2. The molecule has 0 fully saturated rings. The maximum absolute atomic E-state index is 12.3. The summed E-state index contributed by atoms with van der Waals surface area (Å²) in [7, 11) is 0. The Kier molecular flexibility index (Phi) is 3.25. The molecule has 4 heteroatoms. The van der Waals surface area contributed by atoms with Crippen LogP contribution in [0.15, 0.2) is 48.5 Å². The second-order valence-electron chi connectivity index (χ2n) is 4.93. The summed E-state index contributed by atoms with van der Waals surface area (Å²) in [5.74, 6) is -0.233. The van der Waals surface area contributed by atoms with Crippen molar-refractivity contribution < 1.29 is 9.59 Å². The first-order chi connectivity index (χ1) is 10.2. The van der Waals surface area contributed by atoms with Crippen molar-refractivity contribution >= 4 is 11.7 Å². The van der Waals surface area contributed by atoms with E-state index in [4.69, 9.17) is 5.26 Å². The van der Waals surface area contributed by atoms with Gasteiger partial charge in [-0.3, -0.25) is 9.59 Å². The summed E-state index contributed by atoms with van der Waals surface area (Å²) in [5, 5.41) is 11.7. The molecule has 0 radical (unpaired) electrons. The zero-order valence-corrected chi connectivity index (χ0v) is 11.2.